The summed E-state index contributed by atoms with van der Waals surface area (Å²) >= 11 is 0. The number of aromatic amines is 1. The molecule has 190 valence electrons. The number of pyridine rings is 1. The highest BCUT2D eigenvalue weighted by molar-refractivity contribution is 5.98. The minimum absolute atomic E-state index is 0.0683. The monoisotopic (exact) mass is 480 g/mol. The second-order valence-corrected chi connectivity index (χ2v) is 9.46. The van der Waals surface area contributed by atoms with Crippen molar-refractivity contribution in [1.29, 1.82) is 0 Å². The number of nitrogens with two attached hydrogens (primary N) is 1. The van der Waals surface area contributed by atoms with Crippen LogP contribution in [-0.4, -0.2) is 50.3 Å². The Morgan fingerprint density at radius 2 is 1.89 bits per heavy atom. The Hall–Kier alpha value is -3.06. The molecule has 1 aliphatic heterocycles. The molecule has 1 aromatic carbocycles. The summed E-state index contributed by atoms with van der Waals surface area (Å²) in [4.78, 5) is 33.1. The maximum atomic E-state index is 13.0. The molecular formula is C28H40N4O3. The lowest BCUT2D eigenvalue weighted by Gasteiger charge is -2.39. The highest BCUT2D eigenvalue weighted by Crippen LogP contribution is 2.39. The van der Waals surface area contributed by atoms with E-state index in [1.807, 2.05) is 53.0 Å². The number of nitrogens with zero attached hydrogens (tertiary/aromatic N) is 2. The summed E-state index contributed by atoms with van der Waals surface area (Å²) in [6, 6.07) is 4.20. The van der Waals surface area contributed by atoms with Gasteiger partial charge in [-0.2, -0.15) is 0 Å². The minimum Gasteiger partial charge on any atom is -0.381 e. The summed E-state index contributed by atoms with van der Waals surface area (Å²) in [5, 5.41) is 0. The highest BCUT2D eigenvalue weighted by Gasteiger charge is 2.29. The average Bonchev–Trinajstić information content (AvgIpc) is 2.82. The molecule has 7 heteroatoms. The topological polar surface area (TPSA) is 91.7 Å². The predicted octanol–water partition coefficient (Wildman–Crippen LogP) is 4.01. The van der Waals surface area contributed by atoms with Crippen LogP contribution >= 0.6 is 0 Å². The fourth-order valence-corrected chi connectivity index (χ4v) is 5.20. The molecule has 3 N–H and O–H groups in total. The number of carbonyl (C=O) groups excluding carboxylic acids is 1. The van der Waals surface area contributed by atoms with Crippen molar-refractivity contribution in [2.45, 2.75) is 59.9 Å². The number of likely N-dealkylation sites (N-methyl/N-ethyl adjacent to an activating group) is 1. The smallest absolute Gasteiger partial charge is 0.251 e. The number of allylic oxidation sites excluding steroid dienone is 1. The molecule has 7 nitrogen and oxygen atoms in total. The standard InChI is InChI=1S/C28H40N4O3/c1-7-9-12-31(6)25-17-23(27(29)33)20(5)26(32(8-2)21-10-13-35-14-11-21)24(25)16-22-18(3)15-19(4)30-28(22)34/h7,9,15,17,21H,8,10-14,16H2,1-6H3,(H2,29,33)(H,30,34). The zero-order valence-electron chi connectivity index (χ0n) is 22.0. The van der Waals surface area contributed by atoms with Gasteiger partial charge in [0.25, 0.3) is 5.56 Å². The van der Waals surface area contributed by atoms with Crippen LogP contribution in [0.1, 0.15) is 65.0 Å². The van der Waals surface area contributed by atoms with Crippen molar-refractivity contribution in [3.8, 4) is 0 Å². The van der Waals surface area contributed by atoms with E-state index in [1.54, 1.807) is 0 Å². The number of aromatic nitrogens is 1. The lowest BCUT2D eigenvalue weighted by molar-refractivity contribution is 0.0845. The first kappa shape index (κ1) is 26.5. The highest BCUT2D eigenvalue weighted by atomic mass is 16.5. The lowest BCUT2D eigenvalue weighted by Crippen LogP contribution is -2.41. The number of carbonyl (C=O) groups is 1. The molecule has 0 atom stereocenters. The van der Waals surface area contributed by atoms with Crippen LogP contribution in [0.25, 0.3) is 0 Å². The van der Waals surface area contributed by atoms with Gasteiger partial charge in [-0.25, -0.2) is 0 Å². The second kappa shape index (κ2) is 11.6. The van der Waals surface area contributed by atoms with E-state index < -0.39 is 5.91 Å². The number of primary amides is 1. The van der Waals surface area contributed by atoms with Gasteiger partial charge in [-0.1, -0.05) is 12.2 Å². The number of benzene rings is 1. The van der Waals surface area contributed by atoms with Gasteiger partial charge in [0.05, 0.1) is 0 Å². The summed E-state index contributed by atoms with van der Waals surface area (Å²) in [5.41, 5.74) is 12.7. The third kappa shape index (κ3) is 5.78. The van der Waals surface area contributed by atoms with E-state index >= 15 is 0 Å². The molecule has 1 aliphatic rings. The summed E-state index contributed by atoms with van der Waals surface area (Å²) in [6.45, 7) is 12.9. The molecule has 35 heavy (non-hydrogen) atoms. The maximum Gasteiger partial charge on any atom is 0.251 e. The van der Waals surface area contributed by atoms with Gasteiger partial charge in [-0.3, -0.25) is 9.59 Å². The molecule has 1 amide bonds. The number of H-pyrrole nitrogens is 1. The Balaban J connectivity index is 2.32. The van der Waals surface area contributed by atoms with E-state index in [0.29, 0.717) is 24.6 Å². The zero-order chi connectivity index (χ0) is 25.7. The van der Waals surface area contributed by atoms with Gasteiger partial charge in [-0.15, -0.1) is 0 Å². The number of nitrogens with one attached hydrogen (secondary N) is 1. The molecule has 1 saturated heterocycles. The second-order valence-electron chi connectivity index (χ2n) is 9.46. The Morgan fingerprint density at radius 1 is 1.20 bits per heavy atom. The molecule has 3 rings (SSSR count). The van der Waals surface area contributed by atoms with Crippen molar-refractivity contribution in [1.82, 2.24) is 4.98 Å². The van der Waals surface area contributed by atoms with E-state index in [-0.39, 0.29) is 5.56 Å². The van der Waals surface area contributed by atoms with Gasteiger partial charge in [0, 0.05) is 79.6 Å². The minimum atomic E-state index is -0.441. The number of amides is 1. The molecule has 0 unspecified atom stereocenters. The normalized spacial score (nSPS) is 14.5. The molecule has 1 fully saturated rings. The van der Waals surface area contributed by atoms with Crippen molar-refractivity contribution in [2.24, 2.45) is 5.73 Å². The van der Waals surface area contributed by atoms with E-state index in [4.69, 9.17) is 10.5 Å². The van der Waals surface area contributed by atoms with Crippen molar-refractivity contribution in [3.05, 3.63) is 68.1 Å². The third-order valence-electron chi connectivity index (χ3n) is 7.03. The average molecular weight is 481 g/mol. The van der Waals surface area contributed by atoms with E-state index in [9.17, 15) is 9.59 Å². The maximum absolute atomic E-state index is 13.0. The van der Waals surface area contributed by atoms with Crippen LogP contribution in [0.15, 0.2) is 29.1 Å². The SMILES string of the molecule is CC=CCN(C)c1cc(C(N)=O)c(C)c(N(CC)C2CCOCC2)c1Cc1c(C)cc(C)[nH]c1=O. The molecule has 2 heterocycles. The molecule has 0 aliphatic carbocycles. The van der Waals surface area contributed by atoms with Crippen LogP contribution in [0.4, 0.5) is 11.4 Å². The van der Waals surface area contributed by atoms with Gasteiger partial charge >= 0.3 is 0 Å². The van der Waals surface area contributed by atoms with Crippen LogP contribution in [0, 0.1) is 20.8 Å². The first-order valence-corrected chi connectivity index (χ1v) is 12.5. The zero-order valence-corrected chi connectivity index (χ0v) is 22.0. The number of anilines is 2. The first-order valence-electron chi connectivity index (χ1n) is 12.5. The van der Waals surface area contributed by atoms with Gasteiger partial charge in [0.1, 0.15) is 0 Å². The lowest BCUT2D eigenvalue weighted by atomic mass is 9.91. The van der Waals surface area contributed by atoms with Crippen molar-refractivity contribution >= 4 is 17.3 Å². The van der Waals surface area contributed by atoms with Gasteiger partial charge in [0.15, 0.2) is 0 Å². The first-order chi connectivity index (χ1) is 16.7. The van der Waals surface area contributed by atoms with Gasteiger partial charge in [0.2, 0.25) is 5.91 Å². The van der Waals surface area contributed by atoms with E-state index in [1.165, 1.54) is 0 Å². The molecule has 0 spiro atoms. The number of ether oxygens (including phenoxy) is 1. The summed E-state index contributed by atoms with van der Waals surface area (Å²) in [5.74, 6) is -0.441. The van der Waals surface area contributed by atoms with Gasteiger partial charge < -0.3 is 25.3 Å². The number of rotatable bonds is 9. The van der Waals surface area contributed by atoms with Crippen LogP contribution in [-0.2, 0) is 11.2 Å². The Labute approximate surface area is 209 Å². The van der Waals surface area contributed by atoms with Crippen LogP contribution < -0.4 is 21.1 Å². The van der Waals surface area contributed by atoms with Crippen molar-refractivity contribution in [3.63, 3.8) is 0 Å². The predicted molar refractivity (Wildman–Crippen MR) is 144 cm³/mol. The summed E-state index contributed by atoms with van der Waals surface area (Å²) < 4.78 is 5.64. The molecular weight excluding hydrogens is 440 g/mol. The number of hydrogen-bond donors (Lipinski definition) is 2. The number of aryl methyl sites for hydroxylation is 2. The fraction of sp³-hybridized carbons (Fsp3) is 0.500. The molecule has 0 radical (unpaired) electrons. The Bertz CT molecular complexity index is 1150. The summed E-state index contributed by atoms with van der Waals surface area (Å²) in [6.07, 6.45) is 6.39. The van der Waals surface area contributed by atoms with Crippen molar-refractivity contribution < 1.29 is 9.53 Å². The number of hydrogen-bond acceptors (Lipinski definition) is 5. The molecule has 0 bridgehead atoms. The van der Waals surface area contributed by atoms with Crippen LogP contribution in [0.3, 0.4) is 0 Å². The largest absolute Gasteiger partial charge is 0.381 e. The van der Waals surface area contributed by atoms with Crippen LogP contribution in [0.2, 0.25) is 0 Å². The molecule has 2 aromatic rings. The quantitative estimate of drug-likeness (QED) is 0.529. The summed E-state index contributed by atoms with van der Waals surface area (Å²) in [7, 11) is 2.01. The van der Waals surface area contributed by atoms with E-state index in [0.717, 1.165) is 71.9 Å². The Morgan fingerprint density at radius 3 is 2.46 bits per heavy atom. The van der Waals surface area contributed by atoms with Crippen molar-refractivity contribution in [2.75, 3.05) is 43.2 Å². The van der Waals surface area contributed by atoms with Crippen LogP contribution in [0.5, 0.6) is 0 Å². The third-order valence-corrected chi connectivity index (χ3v) is 7.03. The van der Waals surface area contributed by atoms with E-state index in [2.05, 4.69) is 27.8 Å². The molecule has 0 saturated carbocycles. The Kier molecular flexibility index (Phi) is 8.78. The fourth-order valence-electron chi connectivity index (χ4n) is 5.20. The van der Waals surface area contributed by atoms with Gasteiger partial charge in [-0.05, 0) is 70.7 Å². The molecule has 1 aromatic heterocycles.